The zero-order valence-electron chi connectivity index (χ0n) is 33.1. The largest absolute Gasteiger partial charge is 0.310 e. The van der Waals surface area contributed by atoms with E-state index in [0.717, 1.165) is 17.1 Å². The molecular formula is C59H41N. The van der Waals surface area contributed by atoms with Crippen LogP contribution >= 0.6 is 0 Å². The molecule has 0 aliphatic heterocycles. The summed E-state index contributed by atoms with van der Waals surface area (Å²) < 4.78 is 0. The third-order valence-electron chi connectivity index (χ3n) is 12.3. The molecule has 0 fully saturated rings. The normalized spacial score (nSPS) is 12.5. The van der Waals surface area contributed by atoms with E-state index in [1.165, 1.54) is 77.5 Å². The molecule has 0 saturated carbocycles. The molecule has 60 heavy (non-hydrogen) atoms. The first-order valence-corrected chi connectivity index (χ1v) is 20.8. The van der Waals surface area contributed by atoms with Crippen LogP contribution in [-0.2, 0) is 5.41 Å². The number of benzene rings is 10. The second-order valence-electron chi connectivity index (χ2n) is 15.7. The summed E-state index contributed by atoms with van der Waals surface area (Å²) in [7, 11) is 0. The van der Waals surface area contributed by atoms with Crippen LogP contribution in [0.25, 0.3) is 55.3 Å². The highest BCUT2D eigenvalue weighted by atomic mass is 15.1. The van der Waals surface area contributed by atoms with Gasteiger partial charge in [-0.05, 0) is 114 Å². The molecular weight excluding hydrogens is 723 g/mol. The predicted molar refractivity (Wildman–Crippen MR) is 252 cm³/mol. The Hall–Kier alpha value is -7.74. The Morgan fingerprint density at radius 1 is 0.267 bits per heavy atom. The van der Waals surface area contributed by atoms with Crippen molar-refractivity contribution in [3.8, 4) is 44.5 Å². The predicted octanol–water partition coefficient (Wildman–Crippen LogP) is 15.7. The molecule has 282 valence electrons. The van der Waals surface area contributed by atoms with Crippen LogP contribution < -0.4 is 4.90 Å². The summed E-state index contributed by atoms with van der Waals surface area (Å²) in [4.78, 5) is 2.45. The van der Waals surface area contributed by atoms with Gasteiger partial charge in [0.1, 0.15) is 0 Å². The molecule has 1 nitrogen and oxygen atoms in total. The quantitative estimate of drug-likeness (QED) is 0.149. The summed E-state index contributed by atoms with van der Waals surface area (Å²) in [6, 6.07) is 91.0. The number of nitrogens with zero attached hydrogens (tertiary/aromatic N) is 1. The lowest BCUT2D eigenvalue weighted by Crippen LogP contribution is -2.28. The van der Waals surface area contributed by atoms with Gasteiger partial charge in [-0.2, -0.15) is 0 Å². The maximum atomic E-state index is 2.46. The average molecular weight is 764 g/mol. The van der Waals surface area contributed by atoms with Gasteiger partial charge in [0.15, 0.2) is 0 Å². The first-order chi connectivity index (χ1) is 29.8. The molecule has 11 rings (SSSR count). The summed E-state index contributed by atoms with van der Waals surface area (Å²) in [5.74, 6) is 0. The Balaban J connectivity index is 1.08. The summed E-state index contributed by atoms with van der Waals surface area (Å²) >= 11 is 0. The summed E-state index contributed by atoms with van der Waals surface area (Å²) in [5.41, 5.74) is 17.6. The van der Waals surface area contributed by atoms with E-state index < -0.39 is 5.41 Å². The number of rotatable bonds is 8. The Bertz CT molecular complexity index is 3090. The third kappa shape index (κ3) is 5.94. The van der Waals surface area contributed by atoms with Gasteiger partial charge in [0, 0.05) is 16.9 Å². The van der Waals surface area contributed by atoms with Crippen molar-refractivity contribution in [2.75, 3.05) is 4.90 Å². The van der Waals surface area contributed by atoms with Crippen LogP contribution in [0.5, 0.6) is 0 Å². The molecule has 0 spiro atoms. The Morgan fingerprint density at radius 3 is 1.52 bits per heavy atom. The highest BCUT2D eigenvalue weighted by Gasteiger charge is 2.46. The fourth-order valence-electron chi connectivity index (χ4n) is 9.58. The Kier molecular flexibility index (Phi) is 8.79. The van der Waals surface area contributed by atoms with Gasteiger partial charge in [-0.3, -0.25) is 0 Å². The van der Waals surface area contributed by atoms with Gasteiger partial charge in [0.2, 0.25) is 0 Å². The summed E-state index contributed by atoms with van der Waals surface area (Å²) in [5, 5.41) is 2.51. The van der Waals surface area contributed by atoms with Gasteiger partial charge in [-0.15, -0.1) is 0 Å². The van der Waals surface area contributed by atoms with E-state index in [0.29, 0.717) is 0 Å². The number of anilines is 3. The highest BCUT2D eigenvalue weighted by Crippen LogP contribution is 2.57. The van der Waals surface area contributed by atoms with Gasteiger partial charge in [0.05, 0.1) is 11.1 Å². The van der Waals surface area contributed by atoms with Gasteiger partial charge < -0.3 is 4.90 Å². The van der Waals surface area contributed by atoms with Crippen LogP contribution in [0.3, 0.4) is 0 Å². The minimum Gasteiger partial charge on any atom is -0.310 e. The summed E-state index contributed by atoms with van der Waals surface area (Å²) in [6.45, 7) is 0. The minimum absolute atomic E-state index is 0.505. The molecule has 1 aliphatic rings. The second-order valence-corrected chi connectivity index (χ2v) is 15.7. The Morgan fingerprint density at radius 2 is 0.783 bits per heavy atom. The lowest BCUT2D eigenvalue weighted by atomic mass is 9.67. The van der Waals surface area contributed by atoms with Gasteiger partial charge in [-0.25, -0.2) is 0 Å². The molecule has 0 unspecified atom stereocenters. The van der Waals surface area contributed by atoms with E-state index in [9.17, 15) is 0 Å². The van der Waals surface area contributed by atoms with Gasteiger partial charge in [-0.1, -0.05) is 206 Å². The molecule has 10 aromatic carbocycles. The van der Waals surface area contributed by atoms with Crippen molar-refractivity contribution in [1.29, 1.82) is 0 Å². The van der Waals surface area contributed by atoms with Crippen LogP contribution in [-0.4, -0.2) is 0 Å². The molecule has 0 atom stereocenters. The van der Waals surface area contributed by atoms with E-state index in [-0.39, 0.29) is 0 Å². The smallest absolute Gasteiger partial charge is 0.0714 e. The third-order valence-corrected chi connectivity index (χ3v) is 12.3. The lowest BCUT2D eigenvalue weighted by Gasteiger charge is -2.35. The van der Waals surface area contributed by atoms with Gasteiger partial charge >= 0.3 is 0 Å². The fraction of sp³-hybridized carbons (Fsp3) is 0.0169. The number of hydrogen-bond donors (Lipinski definition) is 0. The molecule has 0 heterocycles. The maximum Gasteiger partial charge on any atom is 0.0714 e. The van der Waals surface area contributed by atoms with Gasteiger partial charge in [0.25, 0.3) is 0 Å². The minimum atomic E-state index is -0.505. The first-order valence-electron chi connectivity index (χ1n) is 20.8. The van der Waals surface area contributed by atoms with Crippen molar-refractivity contribution in [3.63, 3.8) is 0 Å². The van der Waals surface area contributed by atoms with Crippen molar-refractivity contribution < 1.29 is 0 Å². The zero-order chi connectivity index (χ0) is 39.9. The summed E-state index contributed by atoms with van der Waals surface area (Å²) in [6.07, 6.45) is 0. The number of fused-ring (bicyclic) bond motifs is 4. The van der Waals surface area contributed by atoms with Crippen molar-refractivity contribution in [1.82, 2.24) is 0 Å². The van der Waals surface area contributed by atoms with E-state index >= 15 is 0 Å². The van der Waals surface area contributed by atoms with E-state index in [2.05, 4.69) is 254 Å². The molecule has 0 radical (unpaired) electrons. The molecule has 0 aromatic heterocycles. The number of hydrogen-bond acceptors (Lipinski definition) is 1. The van der Waals surface area contributed by atoms with E-state index in [1.54, 1.807) is 0 Å². The van der Waals surface area contributed by atoms with Crippen LogP contribution in [0.1, 0.15) is 22.3 Å². The van der Waals surface area contributed by atoms with Crippen LogP contribution in [0.2, 0.25) is 0 Å². The van der Waals surface area contributed by atoms with Crippen LogP contribution in [0.4, 0.5) is 17.1 Å². The van der Waals surface area contributed by atoms with Crippen LogP contribution in [0.15, 0.2) is 249 Å². The second kappa shape index (κ2) is 14.9. The molecule has 0 bridgehead atoms. The molecule has 1 aliphatic carbocycles. The Labute approximate surface area is 352 Å². The molecule has 1 heteroatoms. The zero-order valence-corrected chi connectivity index (χ0v) is 33.1. The van der Waals surface area contributed by atoms with Crippen molar-refractivity contribution in [3.05, 3.63) is 271 Å². The average Bonchev–Trinajstić information content (AvgIpc) is 3.63. The lowest BCUT2D eigenvalue weighted by molar-refractivity contribution is 0.768. The van der Waals surface area contributed by atoms with Crippen LogP contribution in [0, 0.1) is 0 Å². The molecule has 0 N–H and O–H groups in total. The SMILES string of the molecule is c1ccc(-c2ccccc2N(c2ccc(-c3cccc(-c4ccc5ccccc5c4)c3)cc2)c2ccc3c(c2)C(c2ccccc2)(c2ccccc2)c2ccccc2-3)cc1. The molecule has 0 amide bonds. The highest BCUT2D eigenvalue weighted by molar-refractivity contribution is 5.93. The van der Waals surface area contributed by atoms with Crippen molar-refractivity contribution in [2.24, 2.45) is 0 Å². The fourth-order valence-corrected chi connectivity index (χ4v) is 9.58. The molecule has 0 saturated heterocycles. The maximum absolute atomic E-state index is 2.46. The first kappa shape index (κ1) is 35.4. The standard InChI is InChI=1S/C59H41N/c1-4-18-44(19-5-1)53-27-13-15-30-58(53)60(51-35-33-43(34-36-51)46-21-16-22-47(39-46)48-32-31-42-17-10-11-20-45(42)40-48)52-37-38-55-54-28-12-14-29-56(54)59(57(55)41-52,49-23-6-2-7-24-49)50-25-8-3-9-26-50/h1-41H. The molecule has 10 aromatic rings. The van der Waals surface area contributed by atoms with Crippen molar-refractivity contribution in [2.45, 2.75) is 5.41 Å². The monoisotopic (exact) mass is 763 g/mol. The van der Waals surface area contributed by atoms with Crippen molar-refractivity contribution >= 4 is 27.8 Å². The topological polar surface area (TPSA) is 3.24 Å². The number of para-hydroxylation sites is 1. The van der Waals surface area contributed by atoms with E-state index in [4.69, 9.17) is 0 Å². The van der Waals surface area contributed by atoms with E-state index in [1.807, 2.05) is 0 Å².